The highest BCUT2D eigenvalue weighted by atomic mass is 16.2. The van der Waals surface area contributed by atoms with Gasteiger partial charge in [-0.3, -0.25) is 0 Å². The summed E-state index contributed by atoms with van der Waals surface area (Å²) < 4.78 is 0. The third-order valence-electron chi connectivity index (χ3n) is 2.52. The maximum absolute atomic E-state index is 11.5. The lowest BCUT2D eigenvalue weighted by atomic mass is 10.0. The summed E-state index contributed by atoms with van der Waals surface area (Å²) in [5, 5.41) is 2.83. The summed E-state index contributed by atoms with van der Waals surface area (Å²) in [6.45, 7) is 6.38. The Morgan fingerprint density at radius 2 is 2.31 bits per heavy atom. The molecule has 4 heteroatoms. The van der Waals surface area contributed by atoms with Crippen molar-refractivity contribution in [1.29, 1.82) is 0 Å². The Morgan fingerprint density at radius 3 is 2.77 bits per heavy atom. The Balaban J connectivity index is 2.60. The van der Waals surface area contributed by atoms with E-state index in [1.165, 1.54) is 0 Å². The molecule has 4 nitrogen and oxygen atoms in total. The Labute approximate surface area is 79.5 Å². The number of carbonyl (C=O) groups excluding carboxylic acids is 1. The molecule has 1 rings (SSSR count). The van der Waals surface area contributed by atoms with Gasteiger partial charge in [0, 0.05) is 25.7 Å². The first-order chi connectivity index (χ1) is 6.16. The van der Waals surface area contributed by atoms with Gasteiger partial charge in [-0.1, -0.05) is 13.8 Å². The van der Waals surface area contributed by atoms with Crippen LogP contribution in [0, 0.1) is 5.92 Å². The van der Waals surface area contributed by atoms with E-state index < -0.39 is 0 Å². The van der Waals surface area contributed by atoms with E-state index in [4.69, 9.17) is 5.73 Å². The van der Waals surface area contributed by atoms with E-state index in [1.807, 2.05) is 4.90 Å². The Kier molecular flexibility index (Phi) is 3.54. The molecular formula is C9H19N3O. The largest absolute Gasteiger partial charge is 0.338 e. The number of rotatable bonds is 3. The SMILES string of the molecule is CC(C)C(CN)N1CCCNC1=O. The molecule has 76 valence electrons. The van der Waals surface area contributed by atoms with Crippen molar-refractivity contribution in [3.8, 4) is 0 Å². The summed E-state index contributed by atoms with van der Waals surface area (Å²) in [5.74, 6) is 0.425. The molecule has 0 bridgehead atoms. The van der Waals surface area contributed by atoms with E-state index in [0.29, 0.717) is 12.5 Å². The third kappa shape index (κ3) is 2.34. The van der Waals surface area contributed by atoms with Gasteiger partial charge in [-0.15, -0.1) is 0 Å². The molecule has 0 spiro atoms. The van der Waals surface area contributed by atoms with Crippen molar-refractivity contribution in [2.45, 2.75) is 26.3 Å². The molecule has 2 amide bonds. The quantitative estimate of drug-likeness (QED) is 0.668. The number of carbonyl (C=O) groups is 1. The van der Waals surface area contributed by atoms with Crippen molar-refractivity contribution < 1.29 is 4.79 Å². The van der Waals surface area contributed by atoms with Crippen LogP contribution in [0.3, 0.4) is 0 Å². The van der Waals surface area contributed by atoms with Crippen LogP contribution >= 0.6 is 0 Å². The van der Waals surface area contributed by atoms with Gasteiger partial charge in [0.15, 0.2) is 0 Å². The lowest BCUT2D eigenvalue weighted by molar-refractivity contribution is 0.144. The van der Waals surface area contributed by atoms with Crippen LogP contribution in [-0.4, -0.2) is 36.6 Å². The molecule has 1 heterocycles. The molecule has 0 aromatic heterocycles. The summed E-state index contributed by atoms with van der Waals surface area (Å²) >= 11 is 0. The minimum Gasteiger partial charge on any atom is -0.338 e. The van der Waals surface area contributed by atoms with E-state index >= 15 is 0 Å². The fraction of sp³-hybridized carbons (Fsp3) is 0.889. The zero-order valence-corrected chi connectivity index (χ0v) is 8.42. The van der Waals surface area contributed by atoms with Crippen LogP contribution in [0.25, 0.3) is 0 Å². The van der Waals surface area contributed by atoms with Gasteiger partial charge in [0.1, 0.15) is 0 Å². The lowest BCUT2D eigenvalue weighted by Gasteiger charge is -2.36. The number of amides is 2. The topological polar surface area (TPSA) is 58.4 Å². The second-order valence-corrected chi connectivity index (χ2v) is 3.83. The number of nitrogens with one attached hydrogen (secondary N) is 1. The third-order valence-corrected chi connectivity index (χ3v) is 2.52. The fourth-order valence-corrected chi connectivity index (χ4v) is 1.72. The monoisotopic (exact) mass is 185 g/mol. The van der Waals surface area contributed by atoms with Crippen molar-refractivity contribution >= 4 is 6.03 Å². The van der Waals surface area contributed by atoms with E-state index in [2.05, 4.69) is 19.2 Å². The predicted octanol–water partition coefficient (Wildman–Crippen LogP) is 0.385. The first kappa shape index (κ1) is 10.3. The fourth-order valence-electron chi connectivity index (χ4n) is 1.72. The van der Waals surface area contributed by atoms with Crippen LogP contribution in [0.2, 0.25) is 0 Å². The van der Waals surface area contributed by atoms with Gasteiger partial charge >= 0.3 is 6.03 Å². The molecule has 1 fully saturated rings. The first-order valence-electron chi connectivity index (χ1n) is 4.91. The lowest BCUT2D eigenvalue weighted by Crippen LogP contribution is -2.55. The maximum atomic E-state index is 11.5. The minimum absolute atomic E-state index is 0.0374. The van der Waals surface area contributed by atoms with E-state index in [1.54, 1.807) is 0 Å². The van der Waals surface area contributed by atoms with Crippen molar-refractivity contribution in [1.82, 2.24) is 10.2 Å². The predicted molar refractivity (Wildman–Crippen MR) is 52.4 cm³/mol. The molecule has 1 aliphatic heterocycles. The zero-order chi connectivity index (χ0) is 9.84. The Bertz CT molecular complexity index is 182. The average Bonchev–Trinajstić information content (AvgIpc) is 2.09. The highest BCUT2D eigenvalue weighted by Crippen LogP contribution is 2.12. The van der Waals surface area contributed by atoms with Gasteiger partial charge in [-0.25, -0.2) is 4.79 Å². The molecule has 3 N–H and O–H groups in total. The molecule has 0 aromatic carbocycles. The second kappa shape index (κ2) is 4.46. The number of hydrogen-bond donors (Lipinski definition) is 2. The summed E-state index contributed by atoms with van der Waals surface area (Å²) in [5.41, 5.74) is 5.65. The highest BCUT2D eigenvalue weighted by molar-refractivity contribution is 5.75. The maximum Gasteiger partial charge on any atom is 0.317 e. The standard InChI is InChI=1S/C9H19N3O/c1-7(2)8(6-10)12-5-3-4-11-9(12)13/h7-8H,3-6,10H2,1-2H3,(H,11,13). The van der Waals surface area contributed by atoms with Crippen LogP contribution in [0.4, 0.5) is 4.79 Å². The minimum atomic E-state index is 0.0374. The van der Waals surface area contributed by atoms with Crippen LogP contribution in [0.15, 0.2) is 0 Å². The van der Waals surface area contributed by atoms with Crippen LogP contribution < -0.4 is 11.1 Å². The first-order valence-corrected chi connectivity index (χ1v) is 4.91. The van der Waals surface area contributed by atoms with Crippen LogP contribution in [0.5, 0.6) is 0 Å². The molecule has 0 aliphatic carbocycles. The van der Waals surface area contributed by atoms with Crippen molar-refractivity contribution in [3.05, 3.63) is 0 Å². The molecule has 0 saturated carbocycles. The highest BCUT2D eigenvalue weighted by Gasteiger charge is 2.26. The van der Waals surface area contributed by atoms with Gasteiger partial charge in [0.2, 0.25) is 0 Å². The van der Waals surface area contributed by atoms with Crippen molar-refractivity contribution in [3.63, 3.8) is 0 Å². The summed E-state index contributed by atoms with van der Waals surface area (Å²) in [4.78, 5) is 13.3. The summed E-state index contributed by atoms with van der Waals surface area (Å²) in [7, 11) is 0. The number of nitrogens with zero attached hydrogens (tertiary/aromatic N) is 1. The van der Waals surface area contributed by atoms with Gasteiger partial charge in [0.25, 0.3) is 0 Å². The molecule has 1 saturated heterocycles. The van der Waals surface area contributed by atoms with Gasteiger partial charge in [-0.2, -0.15) is 0 Å². The Hall–Kier alpha value is -0.770. The van der Waals surface area contributed by atoms with Gasteiger partial charge in [-0.05, 0) is 12.3 Å². The van der Waals surface area contributed by atoms with Gasteiger partial charge in [0.05, 0.1) is 0 Å². The molecule has 1 unspecified atom stereocenters. The molecule has 1 atom stereocenters. The number of nitrogens with two attached hydrogens (primary N) is 1. The van der Waals surface area contributed by atoms with Crippen LogP contribution in [0.1, 0.15) is 20.3 Å². The van der Waals surface area contributed by atoms with Crippen molar-refractivity contribution in [2.75, 3.05) is 19.6 Å². The molecule has 13 heavy (non-hydrogen) atoms. The van der Waals surface area contributed by atoms with Crippen molar-refractivity contribution in [2.24, 2.45) is 11.7 Å². The van der Waals surface area contributed by atoms with E-state index in [0.717, 1.165) is 19.5 Å². The van der Waals surface area contributed by atoms with E-state index in [-0.39, 0.29) is 12.1 Å². The molecule has 1 aliphatic rings. The molecular weight excluding hydrogens is 166 g/mol. The Morgan fingerprint density at radius 1 is 1.62 bits per heavy atom. The number of hydrogen-bond acceptors (Lipinski definition) is 2. The summed E-state index contributed by atoms with van der Waals surface area (Å²) in [6.07, 6.45) is 1.02. The zero-order valence-electron chi connectivity index (χ0n) is 8.42. The average molecular weight is 185 g/mol. The molecule has 0 aromatic rings. The normalized spacial score (nSPS) is 20.3. The van der Waals surface area contributed by atoms with Crippen LogP contribution in [-0.2, 0) is 0 Å². The van der Waals surface area contributed by atoms with E-state index in [9.17, 15) is 4.79 Å². The summed E-state index contributed by atoms with van der Waals surface area (Å²) in [6, 6.07) is 0.218. The second-order valence-electron chi connectivity index (χ2n) is 3.83. The number of urea groups is 1. The smallest absolute Gasteiger partial charge is 0.317 e. The molecule has 0 radical (unpaired) electrons. The van der Waals surface area contributed by atoms with Gasteiger partial charge < -0.3 is 16.0 Å².